The number of ether oxygens (including phenoxy) is 2. The number of carbonyl (C=O) groups excluding carboxylic acids is 3. The second kappa shape index (κ2) is 11.3. The lowest BCUT2D eigenvalue weighted by atomic mass is 9.99. The smallest absolute Gasteiger partial charge is 0.354 e. The first kappa shape index (κ1) is 25.6. The summed E-state index contributed by atoms with van der Waals surface area (Å²) in [5.74, 6) is -1.09. The van der Waals surface area contributed by atoms with Crippen molar-refractivity contribution in [1.29, 1.82) is 0 Å². The van der Waals surface area contributed by atoms with Gasteiger partial charge in [0.05, 0.1) is 23.7 Å². The minimum Gasteiger partial charge on any atom is -0.464 e. The van der Waals surface area contributed by atoms with Gasteiger partial charge in [-0.3, -0.25) is 9.59 Å². The molecule has 1 aromatic carbocycles. The lowest BCUT2D eigenvalue weighted by Gasteiger charge is -2.29. The molecule has 0 aliphatic heterocycles. The third-order valence-electron chi connectivity index (χ3n) is 5.66. The summed E-state index contributed by atoms with van der Waals surface area (Å²) in [7, 11) is 3.02. The number of carbonyl (C=O) groups is 3. The number of halogens is 1. The Bertz CT molecular complexity index is 999. The molecule has 2 rings (SSSR count). The molecule has 0 aliphatic carbocycles. The van der Waals surface area contributed by atoms with E-state index in [4.69, 9.17) is 21.1 Å². The van der Waals surface area contributed by atoms with E-state index < -0.39 is 12.0 Å². The third kappa shape index (κ3) is 5.22. The highest BCUT2D eigenvalue weighted by Crippen LogP contribution is 2.26. The SMILES string of the molecule is CCOCCCN(C(=O)c1ccccc1Cl)C(C)C(=O)c1c(C)c(C(=O)OC)n(C)c1C. The second-order valence-electron chi connectivity index (χ2n) is 7.55. The van der Waals surface area contributed by atoms with Crippen LogP contribution in [0.5, 0.6) is 0 Å². The van der Waals surface area contributed by atoms with Gasteiger partial charge in [0.15, 0.2) is 5.78 Å². The number of methoxy groups -OCH3 is 1. The van der Waals surface area contributed by atoms with E-state index in [0.717, 1.165) is 0 Å². The van der Waals surface area contributed by atoms with E-state index in [1.54, 1.807) is 56.7 Å². The molecule has 1 heterocycles. The van der Waals surface area contributed by atoms with Crippen LogP contribution in [-0.2, 0) is 16.5 Å². The first-order valence-electron chi connectivity index (χ1n) is 10.6. The third-order valence-corrected chi connectivity index (χ3v) is 5.99. The van der Waals surface area contributed by atoms with Crippen molar-refractivity contribution >= 4 is 29.3 Å². The van der Waals surface area contributed by atoms with Gasteiger partial charge in [-0.25, -0.2) is 4.79 Å². The number of hydrogen-bond donors (Lipinski definition) is 0. The van der Waals surface area contributed by atoms with Gasteiger partial charge in [0, 0.05) is 38.1 Å². The van der Waals surface area contributed by atoms with E-state index in [1.807, 2.05) is 6.92 Å². The molecule has 32 heavy (non-hydrogen) atoms. The molecule has 0 N–H and O–H groups in total. The number of Topliss-reactive ketones (excluding diaryl/α,β-unsaturated/α-hetero) is 1. The fraction of sp³-hybridized carbons (Fsp3) is 0.458. The van der Waals surface area contributed by atoms with E-state index in [2.05, 4.69) is 0 Å². The Morgan fingerprint density at radius 3 is 2.44 bits per heavy atom. The van der Waals surface area contributed by atoms with Crippen LogP contribution in [0.1, 0.15) is 62.7 Å². The number of benzene rings is 1. The minimum atomic E-state index is -0.773. The van der Waals surface area contributed by atoms with Gasteiger partial charge in [-0.05, 0) is 51.8 Å². The van der Waals surface area contributed by atoms with Crippen LogP contribution in [-0.4, -0.2) is 60.0 Å². The summed E-state index contributed by atoms with van der Waals surface area (Å²) in [5, 5.41) is 0.326. The van der Waals surface area contributed by atoms with Gasteiger partial charge in [0.25, 0.3) is 5.91 Å². The number of rotatable bonds is 10. The quantitative estimate of drug-likeness (QED) is 0.300. The summed E-state index contributed by atoms with van der Waals surface area (Å²) in [4.78, 5) is 40.7. The molecule has 0 aliphatic rings. The predicted molar refractivity (Wildman–Crippen MR) is 124 cm³/mol. The molecule has 0 spiro atoms. The monoisotopic (exact) mass is 462 g/mol. The van der Waals surface area contributed by atoms with Gasteiger partial charge in [0.2, 0.25) is 0 Å². The number of aromatic nitrogens is 1. The van der Waals surface area contributed by atoms with Crippen molar-refractivity contribution in [3.8, 4) is 0 Å². The average molecular weight is 463 g/mol. The van der Waals surface area contributed by atoms with E-state index in [0.29, 0.717) is 59.3 Å². The van der Waals surface area contributed by atoms with Crippen molar-refractivity contribution < 1.29 is 23.9 Å². The van der Waals surface area contributed by atoms with Crippen molar-refractivity contribution in [3.63, 3.8) is 0 Å². The molecule has 1 unspecified atom stereocenters. The van der Waals surface area contributed by atoms with Crippen LogP contribution < -0.4 is 0 Å². The number of nitrogens with zero attached hydrogens (tertiary/aromatic N) is 2. The van der Waals surface area contributed by atoms with Gasteiger partial charge < -0.3 is 18.9 Å². The number of hydrogen-bond acceptors (Lipinski definition) is 5. The van der Waals surface area contributed by atoms with Crippen LogP contribution in [0.15, 0.2) is 24.3 Å². The maximum Gasteiger partial charge on any atom is 0.354 e. The molecular formula is C24H31ClN2O5. The Labute approximate surface area is 194 Å². The maximum atomic E-state index is 13.6. The fourth-order valence-corrected chi connectivity index (χ4v) is 4.04. The summed E-state index contributed by atoms with van der Waals surface area (Å²) >= 11 is 6.26. The van der Waals surface area contributed by atoms with Gasteiger partial charge in [-0.2, -0.15) is 0 Å². The molecule has 0 fully saturated rings. The van der Waals surface area contributed by atoms with E-state index in [-0.39, 0.29) is 11.7 Å². The van der Waals surface area contributed by atoms with Crippen molar-refractivity contribution in [2.24, 2.45) is 7.05 Å². The number of amides is 1. The van der Waals surface area contributed by atoms with Gasteiger partial charge >= 0.3 is 5.97 Å². The number of esters is 1. The molecular weight excluding hydrogens is 432 g/mol. The molecule has 1 aromatic heterocycles. The minimum absolute atomic E-state index is 0.248. The molecule has 0 saturated carbocycles. The summed E-state index contributed by atoms with van der Waals surface area (Å²) in [6.07, 6.45) is 0.571. The van der Waals surface area contributed by atoms with Crippen molar-refractivity contribution in [2.75, 3.05) is 26.9 Å². The normalized spacial score (nSPS) is 11.8. The Balaban J connectivity index is 2.44. The van der Waals surface area contributed by atoms with Crippen LogP contribution in [0.4, 0.5) is 0 Å². The van der Waals surface area contributed by atoms with Crippen LogP contribution in [0, 0.1) is 13.8 Å². The molecule has 7 nitrogen and oxygen atoms in total. The molecule has 174 valence electrons. The van der Waals surface area contributed by atoms with Crippen molar-refractivity contribution in [2.45, 2.75) is 40.2 Å². The van der Waals surface area contributed by atoms with E-state index in [1.165, 1.54) is 12.0 Å². The Hall–Kier alpha value is -2.64. The summed E-state index contributed by atoms with van der Waals surface area (Å²) < 4.78 is 11.9. The zero-order chi connectivity index (χ0) is 24.0. The predicted octanol–water partition coefficient (Wildman–Crippen LogP) is 4.22. The first-order valence-corrected chi connectivity index (χ1v) is 11.0. The summed E-state index contributed by atoms with van der Waals surface area (Å²) in [6, 6.07) is 6.00. The summed E-state index contributed by atoms with van der Waals surface area (Å²) in [6.45, 7) is 8.46. The van der Waals surface area contributed by atoms with Crippen LogP contribution >= 0.6 is 11.6 Å². The molecule has 2 aromatic rings. The molecule has 8 heteroatoms. The molecule has 0 bridgehead atoms. The topological polar surface area (TPSA) is 77.8 Å². The van der Waals surface area contributed by atoms with Gasteiger partial charge in [-0.15, -0.1) is 0 Å². The molecule has 0 radical (unpaired) electrons. The molecule has 1 amide bonds. The molecule has 0 saturated heterocycles. The largest absolute Gasteiger partial charge is 0.464 e. The second-order valence-corrected chi connectivity index (χ2v) is 7.96. The van der Waals surface area contributed by atoms with Crippen LogP contribution in [0.25, 0.3) is 0 Å². The van der Waals surface area contributed by atoms with Crippen LogP contribution in [0.2, 0.25) is 5.02 Å². The van der Waals surface area contributed by atoms with Crippen molar-refractivity contribution in [1.82, 2.24) is 9.47 Å². The van der Waals surface area contributed by atoms with Gasteiger partial charge in [0.1, 0.15) is 5.69 Å². The Morgan fingerprint density at radius 2 is 1.84 bits per heavy atom. The van der Waals surface area contributed by atoms with E-state index in [9.17, 15) is 14.4 Å². The average Bonchev–Trinajstić information content (AvgIpc) is 3.00. The highest BCUT2D eigenvalue weighted by Gasteiger charge is 2.33. The lowest BCUT2D eigenvalue weighted by Crippen LogP contribution is -2.44. The summed E-state index contributed by atoms with van der Waals surface area (Å²) in [5.41, 5.74) is 2.25. The Kier molecular flexibility index (Phi) is 9.04. The highest BCUT2D eigenvalue weighted by atomic mass is 35.5. The van der Waals surface area contributed by atoms with Crippen LogP contribution in [0.3, 0.4) is 0 Å². The highest BCUT2D eigenvalue weighted by molar-refractivity contribution is 6.33. The standard InChI is InChI=1S/C24H31ClN2O5/c1-7-32-14-10-13-27(23(29)18-11-8-9-12-19(18)25)17(4)22(28)20-15(2)21(24(30)31-6)26(5)16(20)3/h8-9,11-12,17H,7,10,13-14H2,1-6H3. The zero-order valence-corrected chi connectivity index (χ0v) is 20.3. The van der Waals surface area contributed by atoms with E-state index >= 15 is 0 Å². The first-order chi connectivity index (χ1) is 15.2. The zero-order valence-electron chi connectivity index (χ0n) is 19.5. The van der Waals surface area contributed by atoms with Crippen molar-refractivity contribution in [3.05, 3.63) is 57.4 Å². The maximum absolute atomic E-state index is 13.6. The Morgan fingerprint density at radius 1 is 1.19 bits per heavy atom. The fourth-order valence-electron chi connectivity index (χ4n) is 3.82. The number of ketones is 1. The molecule has 1 atom stereocenters. The lowest BCUT2D eigenvalue weighted by molar-refractivity contribution is 0.0585. The van der Waals surface area contributed by atoms with Gasteiger partial charge in [-0.1, -0.05) is 23.7 Å².